The maximum atomic E-state index is 12.4. The third-order valence-electron chi connectivity index (χ3n) is 4.61. The number of carbonyl (C=O) groups excluding carboxylic acids is 1. The molecule has 2 heterocycles. The van der Waals surface area contributed by atoms with E-state index >= 15 is 0 Å². The van der Waals surface area contributed by atoms with Crippen LogP contribution in [0.15, 0.2) is 24.3 Å². The Hall–Kier alpha value is -1.11. The number of sulfone groups is 1. The van der Waals surface area contributed by atoms with E-state index in [1.54, 1.807) is 24.3 Å². The fourth-order valence-corrected chi connectivity index (χ4v) is 5.51. The van der Waals surface area contributed by atoms with Crippen LogP contribution in [0.3, 0.4) is 0 Å². The van der Waals surface area contributed by atoms with E-state index in [1.807, 2.05) is 0 Å². The lowest BCUT2D eigenvalue weighted by Gasteiger charge is -2.35. The first kappa shape index (κ1) is 16.7. The van der Waals surface area contributed by atoms with Crippen molar-refractivity contribution in [2.45, 2.75) is 31.3 Å². The van der Waals surface area contributed by atoms with Crippen LogP contribution in [-0.4, -0.2) is 55.9 Å². The molecule has 2 aliphatic rings. The minimum Gasteiger partial charge on any atom is -0.347 e. The third-order valence-corrected chi connectivity index (χ3v) is 6.57. The van der Waals surface area contributed by atoms with Crippen molar-refractivity contribution in [1.29, 1.82) is 0 Å². The van der Waals surface area contributed by atoms with Crippen LogP contribution >= 0.6 is 11.6 Å². The Balaban J connectivity index is 1.73. The Morgan fingerprint density at radius 2 is 1.74 bits per heavy atom. The maximum absolute atomic E-state index is 12.4. The van der Waals surface area contributed by atoms with E-state index in [4.69, 9.17) is 11.6 Å². The van der Waals surface area contributed by atoms with Gasteiger partial charge in [-0.15, -0.1) is 0 Å². The smallest absolute Gasteiger partial charge is 0.251 e. The van der Waals surface area contributed by atoms with Crippen molar-refractivity contribution in [3.63, 3.8) is 0 Å². The molecule has 0 bridgehead atoms. The summed E-state index contributed by atoms with van der Waals surface area (Å²) in [6, 6.07) is 6.15. The number of nitrogens with zero attached hydrogens (tertiary/aromatic N) is 1. The first-order chi connectivity index (χ1) is 10.9. The second kappa shape index (κ2) is 6.79. The van der Waals surface area contributed by atoms with Crippen LogP contribution in [0.25, 0.3) is 0 Å². The molecule has 5 nitrogen and oxygen atoms in total. The number of benzene rings is 1. The van der Waals surface area contributed by atoms with Gasteiger partial charge in [-0.05, 0) is 50.2 Å². The van der Waals surface area contributed by atoms with Gasteiger partial charge >= 0.3 is 0 Å². The van der Waals surface area contributed by atoms with Gasteiger partial charge in [-0.25, -0.2) is 8.42 Å². The summed E-state index contributed by atoms with van der Waals surface area (Å²) in [5.41, 5.74) is 0.496. The van der Waals surface area contributed by atoms with E-state index in [9.17, 15) is 13.2 Å². The van der Waals surface area contributed by atoms with E-state index in [0.29, 0.717) is 10.6 Å². The zero-order valence-electron chi connectivity index (χ0n) is 12.9. The summed E-state index contributed by atoms with van der Waals surface area (Å²) in [4.78, 5) is 14.6. The summed E-state index contributed by atoms with van der Waals surface area (Å²) >= 11 is 5.83. The average molecular weight is 357 g/mol. The Bertz CT molecular complexity index is 669. The minimum atomic E-state index is -3.11. The molecule has 2 unspecified atom stereocenters. The van der Waals surface area contributed by atoms with Crippen molar-refractivity contribution < 1.29 is 13.2 Å². The predicted octanol–water partition coefficient (Wildman–Crippen LogP) is 1.72. The van der Waals surface area contributed by atoms with Gasteiger partial charge in [-0.2, -0.15) is 0 Å². The second-order valence-corrected chi connectivity index (χ2v) is 8.92. The van der Waals surface area contributed by atoms with Crippen LogP contribution in [0.1, 0.15) is 29.6 Å². The molecular weight excluding hydrogens is 336 g/mol. The average Bonchev–Trinajstić information content (AvgIpc) is 2.83. The number of amides is 1. The molecule has 0 spiro atoms. The molecule has 2 atom stereocenters. The Labute approximate surface area is 141 Å². The van der Waals surface area contributed by atoms with Gasteiger partial charge in [0.05, 0.1) is 17.5 Å². The number of hydrogen-bond donors (Lipinski definition) is 1. The normalized spacial score (nSPS) is 27.7. The van der Waals surface area contributed by atoms with Crippen LogP contribution in [0.4, 0.5) is 0 Å². The molecule has 1 N–H and O–H groups in total. The van der Waals surface area contributed by atoms with Crippen molar-refractivity contribution in [2.75, 3.05) is 24.6 Å². The molecule has 1 amide bonds. The summed E-state index contributed by atoms with van der Waals surface area (Å²) in [6.45, 7) is 1.82. The molecule has 2 saturated heterocycles. The highest BCUT2D eigenvalue weighted by Gasteiger charge is 2.41. The first-order valence-electron chi connectivity index (χ1n) is 7.95. The van der Waals surface area contributed by atoms with E-state index in [1.165, 1.54) is 6.42 Å². The SMILES string of the molecule is O=C(NC1CS(=O)(=O)CC1N1CCCCC1)c1ccc(Cl)cc1. The quantitative estimate of drug-likeness (QED) is 0.895. The van der Waals surface area contributed by atoms with Crippen LogP contribution in [0.5, 0.6) is 0 Å². The van der Waals surface area contributed by atoms with Gasteiger partial charge in [0.1, 0.15) is 0 Å². The van der Waals surface area contributed by atoms with Crippen molar-refractivity contribution in [3.05, 3.63) is 34.9 Å². The van der Waals surface area contributed by atoms with Gasteiger partial charge in [0.25, 0.3) is 5.91 Å². The summed E-state index contributed by atoms with van der Waals surface area (Å²) in [5, 5.41) is 3.48. The lowest BCUT2D eigenvalue weighted by Crippen LogP contribution is -2.52. The standard InChI is InChI=1S/C16H21ClN2O3S/c17-13-6-4-12(5-7-13)16(20)18-14-10-23(21,22)11-15(14)19-8-2-1-3-9-19/h4-7,14-15H,1-3,8-11H2,(H,18,20). The molecule has 23 heavy (non-hydrogen) atoms. The van der Waals surface area contributed by atoms with Crippen molar-refractivity contribution >= 4 is 27.3 Å². The largest absolute Gasteiger partial charge is 0.347 e. The predicted molar refractivity (Wildman–Crippen MR) is 90.6 cm³/mol. The van der Waals surface area contributed by atoms with Gasteiger partial charge in [0.15, 0.2) is 9.84 Å². The number of halogens is 1. The van der Waals surface area contributed by atoms with Crippen LogP contribution in [0.2, 0.25) is 5.02 Å². The number of piperidine rings is 1. The summed E-state index contributed by atoms with van der Waals surface area (Å²) in [6.07, 6.45) is 3.38. The van der Waals surface area contributed by atoms with E-state index < -0.39 is 9.84 Å². The highest BCUT2D eigenvalue weighted by molar-refractivity contribution is 7.91. The molecule has 0 saturated carbocycles. The van der Waals surface area contributed by atoms with Gasteiger partial charge in [-0.1, -0.05) is 18.0 Å². The van der Waals surface area contributed by atoms with E-state index in [0.717, 1.165) is 25.9 Å². The molecule has 1 aromatic rings. The molecule has 7 heteroatoms. The Morgan fingerprint density at radius 3 is 2.39 bits per heavy atom. The van der Waals surface area contributed by atoms with Crippen molar-refractivity contribution in [2.24, 2.45) is 0 Å². The molecule has 2 fully saturated rings. The van der Waals surface area contributed by atoms with Crippen LogP contribution in [-0.2, 0) is 9.84 Å². The highest BCUT2D eigenvalue weighted by Crippen LogP contribution is 2.23. The van der Waals surface area contributed by atoms with E-state index in [-0.39, 0.29) is 29.5 Å². The van der Waals surface area contributed by atoms with Gasteiger partial charge in [0, 0.05) is 16.6 Å². The van der Waals surface area contributed by atoms with Gasteiger partial charge in [-0.3, -0.25) is 9.69 Å². The maximum Gasteiger partial charge on any atom is 0.251 e. The monoisotopic (exact) mass is 356 g/mol. The molecule has 2 aliphatic heterocycles. The fraction of sp³-hybridized carbons (Fsp3) is 0.562. The number of likely N-dealkylation sites (tertiary alicyclic amines) is 1. The zero-order chi connectivity index (χ0) is 16.4. The molecular formula is C16H21ClN2O3S. The van der Waals surface area contributed by atoms with Crippen molar-refractivity contribution in [1.82, 2.24) is 10.2 Å². The Morgan fingerprint density at radius 1 is 1.09 bits per heavy atom. The number of nitrogens with one attached hydrogen (secondary N) is 1. The topological polar surface area (TPSA) is 66.5 Å². The zero-order valence-corrected chi connectivity index (χ0v) is 14.4. The van der Waals surface area contributed by atoms with Crippen molar-refractivity contribution in [3.8, 4) is 0 Å². The van der Waals surface area contributed by atoms with Gasteiger partial charge < -0.3 is 5.32 Å². The molecule has 126 valence electrons. The summed E-state index contributed by atoms with van der Waals surface area (Å²) in [7, 11) is -3.11. The van der Waals surface area contributed by atoms with E-state index in [2.05, 4.69) is 10.2 Å². The molecule has 0 aliphatic carbocycles. The molecule has 0 radical (unpaired) electrons. The Kier molecular flexibility index (Phi) is 4.94. The number of rotatable bonds is 3. The second-order valence-electron chi connectivity index (χ2n) is 6.33. The van der Waals surface area contributed by atoms with Crippen LogP contribution < -0.4 is 5.32 Å². The fourth-order valence-electron chi connectivity index (χ4n) is 3.43. The van der Waals surface area contributed by atoms with Crippen LogP contribution in [0, 0.1) is 0 Å². The molecule has 1 aromatic carbocycles. The number of carbonyl (C=O) groups is 1. The third kappa shape index (κ3) is 4.05. The molecule has 0 aromatic heterocycles. The number of hydrogen-bond acceptors (Lipinski definition) is 4. The van der Waals surface area contributed by atoms with Gasteiger partial charge in [0.2, 0.25) is 0 Å². The first-order valence-corrected chi connectivity index (χ1v) is 10.2. The molecule has 3 rings (SSSR count). The lowest BCUT2D eigenvalue weighted by molar-refractivity contribution is 0.0900. The summed E-state index contributed by atoms with van der Waals surface area (Å²) in [5.74, 6) is -0.0859. The lowest BCUT2D eigenvalue weighted by atomic mass is 10.0. The summed E-state index contributed by atoms with van der Waals surface area (Å²) < 4.78 is 24.1. The highest BCUT2D eigenvalue weighted by atomic mass is 35.5. The minimum absolute atomic E-state index is 0.0213.